The van der Waals surface area contributed by atoms with Crippen LogP contribution in [-0.2, 0) is 11.3 Å². The fourth-order valence-corrected chi connectivity index (χ4v) is 1.70. The van der Waals surface area contributed by atoms with Gasteiger partial charge in [0.15, 0.2) is 12.4 Å². The van der Waals surface area contributed by atoms with Gasteiger partial charge in [0.05, 0.1) is 0 Å². The Morgan fingerprint density at radius 3 is 2.33 bits per heavy atom. The molecule has 5 heteroatoms. The molecule has 18 heavy (non-hydrogen) atoms. The molecule has 1 heterocycles. The summed E-state index contributed by atoms with van der Waals surface area (Å²) in [6.45, 7) is 0.316. The molecule has 2 rings (SSSR count). The van der Waals surface area contributed by atoms with Crippen molar-refractivity contribution >= 4 is 39.9 Å². The molecule has 3 nitrogen and oxygen atoms in total. The van der Waals surface area contributed by atoms with Gasteiger partial charge in [-0.05, 0) is 24.3 Å². The summed E-state index contributed by atoms with van der Waals surface area (Å²) in [5.41, 5.74) is 0.801. The molecule has 0 saturated heterocycles. The highest BCUT2D eigenvalue weighted by Gasteiger charge is 2.08. The maximum absolute atomic E-state index is 11.7. The second kappa shape index (κ2) is 7.13. The molecule has 0 spiro atoms. The average Bonchev–Trinajstić information content (AvgIpc) is 2.33. The van der Waals surface area contributed by atoms with Crippen LogP contribution in [0.1, 0.15) is 0 Å². The summed E-state index contributed by atoms with van der Waals surface area (Å²) < 4.78 is 2.82. The van der Waals surface area contributed by atoms with Crippen molar-refractivity contribution in [3.63, 3.8) is 0 Å². The highest BCUT2D eigenvalue weighted by molar-refractivity contribution is 9.10. The highest BCUT2D eigenvalue weighted by atomic mass is 79.9. The van der Waals surface area contributed by atoms with Gasteiger partial charge in [-0.2, -0.15) is 4.57 Å². The van der Waals surface area contributed by atoms with Crippen LogP contribution < -0.4 is 9.88 Å². The fourth-order valence-electron chi connectivity index (χ4n) is 1.44. The number of amides is 1. The minimum Gasteiger partial charge on any atom is -0.321 e. The lowest BCUT2D eigenvalue weighted by molar-refractivity contribution is -0.684. The number of nitrogens with one attached hydrogen (secondary N) is 1. The molecule has 0 aliphatic rings. The van der Waals surface area contributed by atoms with Crippen molar-refractivity contribution in [3.8, 4) is 0 Å². The number of benzene rings is 1. The third kappa shape index (κ3) is 4.47. The van der Waals surface area contributed by atoms with Crippen LogP contribution in [0, 0.1) is 0 Å². The smallest absolute Gasteiger partial charge is 0.290 e. The Bertz CT molecular complexity index is 502. The van der Waals surface area contributed by atoms with Crippen LogP contribution in [0.25, 0.3) is 0 Å². The monoisotopic (exact) mass is 327 g/mol. The number of nitrogens with zero attached hydrogens (tertiary/aromatic N) is 1. The van der Waals surface area contributed by atoms with Crippen molar-refractivity contribution < 1.29 is 9.36 Å². The van der Waals surface area contributed by atoms with Crippen LogP contribution in [-0.4, -0.2) is 5.91 Å². The minimum atomic E-state index is -0.0384. The molecule has 0 fully saturated rings. The first-order chi connectivity index (χ1) is 8.24. The molecule has 1 aromatic carbocycles. The zero-order valence-corrected chi connectivity index (χ0v) is 11.9. The molecular weight excluding hydrogens is 316 g/mol. The van der Waals surface area contributed by atoms with Crippen LogP contribution in [0.3, 0.4) is 0 Å². The van der Waals surface area contributed by atoms with Crippen LogP contribution in [0.5, 0.6) is 0 Å². The average molecular weight is 329 g/mol. The van der Waals surface area contributed by atoms with E-state index < -0.39 is 0 Å². The minimum absolute atomic E-state index is 0. The zero-order chi connectivity index (χ0) is 12.1. The van der Waals surface area contributed by atoms with E-state index in [1.54, 1.807) is 0 Å². The van der Waals surface area contributed by atoms with Crippen LogP contribution >= 0.6 is 28.3 Å². The van der Waals surface area contributed by atoms with E-state index in [9.17, 15) is 4.79 Å². The second-order valence-corrected chi connectivity index (χ2v) is 4.52. The molecule has 0 saturated carbocycles. The van der Waals surface area contributed by atoms with Gasteiger partial charge in [-0.25, -0.2) is 0 Å². The standard InChI is InChI=1S/C13H11BrN2O.ClH/c14-11-4-6-12(7-5-11)15-13(17)10-16-8-2-1-3-9-16;/h1-9H,10H2;1H/p+1. The first-order valence-electron chi connectivity index (χ1n) is 5.23. The summed E-state index contributed by atoms with van der Waals surface area (Å²) in [7, 11) is 0. The fraction of sp³-hybridized carbons (Fsp3) is 0.0769. The van der Waals surface area contributed by atoms with Crippen LogP contribution in [0.2, 0.25) is 0 Å². The summed E-state index contributed by atoms with van der Waals surface area (Å²) in [6, 6.07) is 13.2. The highest BCUT2D eigenvalue weighted by Crippen LogP contribution is 2.13. The van der Waals surface area contributed by atoms with Gasteiger partial charge in [-0.15, -0.1) is 12.4 Å². The van der Waals surface area contributed by atoms with Gasteiger partial charge in [0.25, 0.3) is 5.91 Å². The van der Waals surface area contributed by atoms with E-state index in [0.717, 1.165) is 10.2 Å². The number of pyridine rings is 1. The molecule has 0 aliphatic carbocycles. The van der Waals surface area contributed by atoms with Gasteiger partial charge in [-0.1, -0.05) is 22.0 Å². The van der Waals surface area contributed by atoms with Gasteiger partial charge in [0.2, 0.25) is 6.54 Å². The van der Waals surface area contributed by atoms with E-state index in [4.69, 9.17) is 0 Å². The molecule has 0 bridgehead atoms. The number of carbonyl (C=O) groups excluding carboxylic acids is 1. The second-order valence-electron chi connectivity index (χ2n) is 3.60. The molecule has 0 radical (unpaired) electrons. The Kier molecular flexibility index (Phi) is 5.82. The van der Waals surface area contributed by atoms with Gasteiger partial charge in [0, 0.05) is 22.3 Å². The van der Waals surface area contributed by atoms with E-state index in [1.165, 1.54) is 0 Å². The number of carbonyl (C=O) groups is 1. The first-order valence-corrected chi connectivity index (χ1v) is 6.03. The van der Waals surface area contributed by atoms with Crippen molar-refractivity contribution in [1.29, 1.82) is 0 Å². The molecule has 1 N–H and O–H groups in total. The van der Waals surface area contributed by atoms with Crippen molar-refractivity contribution in [3.05, 3.63) is 59.3 Å². The molecule has 0 unspecified atom stereocenters. The normalized spacial score (nSPS) is 9.39. The number of rotatable bonds is 3. The maximum atomic E-state index is 11.7. The summed E-state index contributed by atoms with van der Waals surface area (Å²) in [5, 5.41) is 2.84. The molecule has 1 aromatic heterocycles. The van der Waals surface area contributed by atoms with E-state index in [2.05, 4.69) is 21.2 Å². The SMILES string of the molecule is Cl.O=C(C[n+]1ccccc1)Nc1ccc(Br)cc1. The van der Waals surface area contributed by atoms with E-state index in [-0.39, 0.29) is 18.3 Å². The summed E-state index contributed by atoms with van der Waals surface area (Å²) >= 11 is 3.35. The Hall–Kier alpha value is -1.39. The predicted octanol–water partition coefficient (Wildman–Crippen LogP) is 2.80. The van der Waals surface area contributed by atoms with Crippen molar-refractivity contribution in [2.45, 2.75) is 6.54 Å². The van der Waals surface area contributed by atoms with Gasteiger partial charge in [-0.3, -0.25) is 4.79 Å². The lowest BCUT2D eigenvalue weighted by atomic mass is 10.3. The third-order valence-corrected chi connectivity index (χ3v) is 2.76. The van der Waals surface area contributed by atoms with E-state index in [0.29, 0.717) is 6.54 Å². The van der Waals surface area contributed by atoms with Crippen molar-refractivity contribution in [1.82, 2.24) is 0 Å². The predicted molar refractivity (Wildman–Crippen MR) is 76.7 cm³/mol. The largest absolute Gasteiger partial charge is 0.321 e. The number of halogens is 2. The topological polar surface area (TPSA) is 33.0 Å². The summed E-state index contributed by atoms with van der Waals surface area (Å²) in [4.78, 5) is 11.7. The van der Waals surface area contributed by atoms with Crippen LogP contribution in [0.4, 0.5) is 5.69 Å². The van der Waals surface area contributed by atoms with E-state index >= 15 is 0 Å². The molecule has 2 aromatic rings. The van der Waals surface area contributed by atoms with Gasteiger partial charge in [0.1, 0.15) is 0 Å². The number of hydrogen-bond acceptors (Lipinski definition) is 1. The first kappa shape index (κ1) is 14.7. The lowest BCUT2D eigenvalue weighted by Gasteiger charge is -2.02. The van der Waals surface area contributed by atoms with Crippen molar-refractivity contribution in [2.75, 3.05) is 5.32 Å². The van der Waals surface area contributed by atoms with Gasteiger partial charge < -0.3 is 5.32 Å². The number of anilines is 1. The zero-order valence-electron chi connectivity index (χ0n) is 9.54. The quantitative estimate of drug-likeness (QED) is 0.864. The summed E-state index contributed by atoms with van der Waals surface area (Å²) in [6.07, 6.45) is 3.72. The maximum Gasteiger partial charge on any atom is 0.290 e. The Balaban J connectivity index is 0.00000162. The Morgan fingerprint density at radius 1 is 1.11 bits per heavy atom. The van der Waals surface area contributed by atoms with Crippen molar-refractivity contribution in [2.24, 2.45) is 0 Å². The molecular formula is C13H13BrClN2O+. The lowest BCUT2D eigenvalue weighted by Crippen LogP contribution is -2.39. The Morgan fingerprint density at radius 2 is 1.72 bits per heavy atom. The third-order valence-electron chi connectivity index (χ3n) is 2.23. The van der Waals surface area contributed by atoms with E-state index in [1.807, 2.05) is 59.4 Å². The molecule has 94 valence electrons. The molecule has 0 aliphatic heterocycles. The number of hydrogen-bond donors (Lipinski definition) is 1. The van der Waals surface area contributed by atoms with Crippen LogP contribution in [0.15, 0.2) is 59.3 Å². The van der Waals surface area contributed by atoms with Gasteiger partial charge >= 0.3 is 0 Å². The molecule has 0 atom stereocenters. The Labute approximate surface area is 120 Å². The summed E-state index contributed by atoms with van der Waals surface area (Å²) in [5.74, 6) is -0.0384. The molecule has 1 amide bonds. The number of aromatic nitrogens is 1.